The summed E-state index contributed by atoms with van der Waals surface area (Å²) in [6, 6.07) is 0. The number of Topliss-reactive ketones (excluding diaryl/α,β-unsaturated/α-hetero) is 1. The molecule has 0 aromatic carbocycles. The smallest absolute Gasteiger partial charge is 0.460 e. The van der Waals surface area contributed by atoms with Gasteiger partial charge in [0.25, 0.3) is 0 Å². The quantitative estimate of drug-likeness (QED) is 0.500. The summed E-state index contributed by atoms with van der Waals surface area (Å²) in [4.78, 5) is 36.3. The summed E-state index contributed by atoms with van der Waals surface area (Å²) in [5.74, 6) is -0.764. The van der Waals surface area contributed by atoms with Crippen molar-refractivity contribution in [1.82, 2.24) is 0 Å². The highest BCUT2D eigenvalue weighted by molar-refractivity contribution is 5.89. The molecule has 2 bridgehead atoms. The molecule has 8 atom stereocenters. The third-order valence-corrected chi connectivity index (χ3v) is 7.45. The zero-order valence-corrected chi connectivity index (χ0v) is 15.0. The Bertz CT molecular complexity index is 714. The highest BCUT2D eigenvalue weighted by atomic mass is 16.7. The first-order valence-corrected chi connectivity index (χ1v) is 9.09. The van der Waals surface area contributed by atoms with E-state index in [4.69, 9.17) is 23.7 Å². The van der Waals surface area contributed by atoms with Crippen molar-refractivity contribution in [1.29, 1.82) is 0 Å². The lowest BCUT2D eigenvalue weighted by molar-refractivity contribution is -0.285. The first-order chi connectivity index (χ1) is 12.2. The summed E-state index contributed by atoms with van der Waals surface area (Å²) < 4.78 is 28.6. The van der Waals surface area contributed by atoms with Crippen LogP contribution in [0.4, 0.5) is 4.79 Å². The summed E-state index contributed by atoms with van der Waals surface area (Å²) in [7, 11) is 0. The minimum absolute atomic E-state index is 0.0424. The van der Waals surface area contributed by atoms with Gasteiger partial charge in [-0.15, -0.1) is 0 Å². The third kappa shape index (κ3) is 1.66. The Morgan fingerprint density at radius 2 is 2.00 bits per heavy atom. The summed E-state index contributed by atoms with van der Waals surface area (Å²) in [5, 5.41) is 0. The minimum Gasteiger partial charge on any atom is -0.460 e. The lowest BCUT2D eigenvalue weighted by Gasteiger charge is -2.61. The second kappa shape index (κ2) is 4.78. The van der Waals surface area contributed by atoms with Gasteiger partial charge in [0.05, 0.1) is 18.1 Å². The van der Waals surface area contributed by atoms with Crippen molar-refractivity contribution >= 4 is 17.9 Å². The number of hydrogen-bond acceptors (Lipinski definition) is 8. The van der Waals surface area contributed by atoms with Crippen LogP contribution in [0.2, 0.25) is 0 Å². The predicted molar refractivity (Wildman–Crippen MR) is 83.1 cm³/mol. The van der Waals surface area contributed by atoms with Gasteiger partial charge in [0.15, 0.2) is 11.9 Å². The van der Waals surface area contributed by atoms with Crippen molar-refractivity contribution in [2.75, 3.05) is 13.2 Å². The van der Waals surface area contributed by atoms with E-state index in [1.165, 1.54) is 6.92 Å². The Morgan fingerprint density at radius 1 is 1.27 bits per heavy atom. The first kappa shape index (κ1) is 16.5. The molecule has 3 saturated heterocycles. The van der Waals surface area contributed by atoms with Gasteiger partial charge in [0.1, 0.15) is 24.4 Å². The Kier molecular flexibility index (Phi) is 3.03. The van der Waals surface area contributed by atoms with Gasteiger partial charge >= 0.3 is 12.1 Å². The van der Waals surface area contributed by atoms with Crippen LogP contribution in [0.25, 0.3) is 0 Å². The molecule has 0 aromatic heterocycles. The lowest BCUT2D eigenvalue weighted by atomic mass is 9.49. The Hall–Kier alpha value is -1.67. The Morgan fingerprint density at radius 3 is 2.65 bits per heavy atom. The number of carbonyl (C=O) groups excluding carboxylic acids is 3. The zero-order valence-electron chi connectivity index (χ0n) is 15.0. The van der Waals surface area contributed by atoms with Crippen molar-refractivity contribution in [2.24, 2.45) is 16.7 Å². The van der Waals surface area contributed by atoms with E-state index in [-0.39, 0.29) is 36.5 Å². The summed E-state index contributed by atoms with van der Waals surface area (Å²) in [6.07, 6.45) is -1.93. The monoisotopic (exact) mass is 366 g/mol. The molecule has 8 unspecified atom stereocenters. The van der Waals surface area contributed by atoms with Crippen LogP contribution in [0.1, 0.15) is 33.6 Å². The molecular weight excluding hydrogens is 344 g/mol. The van der Waals surface area contributed by atoms with Gasteiger partial charge in [-0.1, -0.05) is 13.8 Å². The molecule has 3 aliphatic heterocycles. The van der Waals surface area contributed by atoms with E-state index in [9.17, 15) is 14.4 Å². The molecule has 142 valence electrons. The number of carbonyl (C=O) groups is 3. The van der Waals surface area contributed by atoms with E-state index in [1.807, 2.05) is 13.8 Å². The van der Waals surface area contributed by atoms with Gasteiger partial charge in [-0.25, -0.2) is 4.79 Å². The fourth-order valence-corrected chi connectivity index (χ4v) is 6.08. The summed E-state index contributed by atoms with van der Waals surface area (Å²) in [5.41, 5.74) is -2.06. The highest BCUT2D eigenvalue weighted by Crippen LogP contribution is 2.72. The number of esters is 1. The normalized spacial score (nSPS) is 54.0. The van der Waals surface area contributed by atoms with Crippen LogP contribution in [0.5, 0.6) is 0 Å². The molecule has 0 N–H and O–H groups in total. The number of ketones is 1. The summed E-state index contributed by atoms with van der Waals surface area (Å²) >= 11 is 0. The number of epoxide rings is 1. The van der Waals surface area contributed by atoms with Crippen molar-refractivity contribution in [3.63, 3.8) is 0 Å². The zero-order chi connectivity index (χ0) is 18.5. The molecule has 5 fully saturated rings. The average Bonchev–Trinajstić information content (AvgIpc) is 3.33. The van der Waals surface area contributed by atoms with Crippen molar-refractivity contribution in [3.8, 4) is 0 Å². The van der Waals surface area contributed by atoms with E-state index < -0.39 is 34.8 Å². The van der Waals surface area contributed by atoms with Crippen molar-refractivity contribution in [3.05, 3.63) is 0 Å². The second-order valence-electron chi connectivity index (χ2n) is 8.52. The maximum absolute atomic E-state index is 12.9. The van der Waals surface area contributed by atoms with Crippen LogP contribution in [0.3, 0.4) is 0 Å². The molecule has 8 heteroatoms. The van der Waals surface area contributed by atoms with Gasteiger partial charge in [0.2, 0.25) is 0 Å². The molecule has 5 aliphatic rings. The largest absolute Gasteiger partial charge is 0.509 e. The van der Waals surface area contributed by atoms with Gasteiger partial charge in [-0.3, -0.25) is 9.59 Å². The van der Waals surface area contributed by atoms with E-state index >= 15 is 0 Å². The predicted octanol–water partition coefficient (Wildman–Crippen LogP) is 0.995. The number of hydrogen-bond donors (Lipinski definition) is 0. The fourth-order valence-electron chi connectivity index (χ4n) is 6.08. The van der Waals surface area contributed by atoms with Gasteiger partial charge < -0.3 is 23.7 Å². The maximum Gasteiger partial charge on any atom is 0.509 e. The van der Waals surface area contributed by atoms with E-state index in [0.717, 1.165) is 0 Å². The molecule has 2 aliphatic carbocycles. The SMILES string of the molecule is CC(=O)OC1CC2(C)C3(CO3)C1OC1CC(C)C(=O)C3OC(=O)OCC132. The van der Waals surface area contributed by atoms with Crippen LogP contribution >= 0.6 is 0 Å². The molecule has 2 saturated carbocycles. The van der Waals surface area contributed by atoms with Crippen molar-refractivity contribution in [2.45, 2.75) is 63.6 Å². The molecule has 2 spiro atoms. The first-order valence-electron chi connectivity index (χ1n) is 9.09. The average molecular weight is 366 g/mol. The lowest BCUT2D eigenvalue weighted by Crippen LogP contribution is -2.74. The molecule has 0 aromatic rings. The molecule has 0 amide bonds. The Balaban J connectivity index is 1.65. The molecular formula is C18H22O8. The van der Waals surface area contributed by atoms with Crippen molar-refractivity contribution < 1.29 is 38.1 Å². The van der Waals surface area contributed by atoms with Gasteiger partial charge in [-0.05, 0) is 12.8 Å². The molecule has 26 heavy (non-hydrogen) atoms. The van der Waals surface area contributed by atoms with Gasteiger partial charge in [0, 0.05) is 18.3 Å². The summed E-state index contributed by atoms with van der Waals surface area (Å²) in [6.45, 7) is 5.73. The maximum atomic E-state index is 12.9. The van der Waals surface area contributed by atoms with Crippen LogP contribution in [0.15, 0.2) is 0 Å². The second-order valence-corrected chi connectivity index (χ2v) is 8.52. The van der Waals surface area contributed by atoms with E-state index in [1.54, 1.807) is 0 Å². The number of cyclic esters (lactones) is 1. The molecule has 0 radical (unpaired) electrons. The standard InChI is InChI=1S/C18H22O8/c1-8-4-11-17(6-22-15(21)26-14(17)12(8)20)16(3)5-10(24-9(2)19)13(25-11)18(16)7-23-18/h8,10-11,13-14H,4-7H2,1-3H3. The molecule has 5 rings (SSSR count). The van der Waals surface area contributed by atoms with Crippen LogP contribution < -0.4 is 0 Å². The third-order valence-electron chi connectivity index (χ3n) is 7.45. The number of ether oxygens (including phenoxy) is 5. The highest BCUT2D eigenvalue weighted by Gasteiger charge is 2.85. The molecule has 8 nitrogen and oxygen atoms in total. The van der Waals surface area contributed by atoms with Crippen LogP contribution in [-0.2, 0) is 33.3 Å². The Labute approximate surface area is 150 Å². The molecule has 3 heterocycles. The van der Waals surface area contributed by atoms with E-state index in [2.05, 4.69) is 0 Å². The van der Waals surface area contributed by atoms with Gasteiger partial charge in [-0.2, -0.15) is 0 Å². The van der Waals surface area contributed by atoms with Crippen LogP contribution in [0, 0.1) is 16.7 Å². The number of rotatable bonds is 1. The topological polar surface area (TPSA) is 101 Å². The van der Waals surface area contributed by atoms with E-state index in [0.29, 0.717) is 19.4 Å². The van der Waals surface area contributed by atoms with Crippen LogP contribution in [-0.4, -0.2) is 61.1 Å². The fraction of sp³-hybridized carbons (Fsp3) is 0.833. The minimum atomic E-state index is -0.930.